The van der Waals surface area contributed by atoms with Crippen LogP contribution in [0.4, 0.5) is 34.1 Å². The summed E-state index contributed by atoms with van der Waals surface area (Å²) in [5.41, 5.74) is 22.9. The number of aryl methyl sites for hydroxylation is 1. The first kappa shape index (κ1) is 40.3. The highest BCUT2D eigenvalue weighted by molar-refractivity contribution is 7.00. The van der Waals surface area contributed by atoms with Crippen LogP contribution in [0.25, 0.3) is 22.1 Å². The molecule has 0 unspecified atom stereocenters. The maximum Gasteiger partial charge on any atom is 0.297 e. The molecule has 2 bridgehead atoms. The van der Waals surface area contributed by atoms with E-state index >= 15 is 0 Å². The van der Waals surface area contributed by atoms with Crippen LogP contribution in [0.1, 0.15) is 135 Å². The molecule has 7 aromatic rings. The van der Waals surface area contributed by atoms with Gasteiger partial charge in [-0.25, -0.2) is 0 Å². The van der Waals surface area contributed by atoms with Crippen molar-refractivity contribution in [3.63, 3.8) is 0 Å². The molecule has 5 aliphatic rings. The highest BCUT2D eigenvalue weighted by Gasteiger charge is 2.51. The molecule has 3 aliphatic carbocycles. The molecule has 0 amide bonds. The van der Waals surface area contributed by atoms with E-state index in [1.54, 1.807) is 0 Å². The van der Waals surface area contributed by atoms with Crippen molar-refractivity contribution >= 4 is 68.4 Å². The number of fused-ring (bicyclic) bond motifs is 8. The second-order valence-corrected chi connectivity index (χ2v) is 23.3. The van der Waals surface area contributed by atoms with E-state index in [4.69, 9.17) is 4.42 Å². The maximum atomic E-state index is 7.56. The van der Waals surface area contributed by atoms with Gasteiger partial charge in [-0.1, -0.05) is 137 Å². The van der Waals surface area contributed by atoms with Crippen LogP contribution in [0.3, 0.4) is 0 Å². The lowest BCUT2D eigenvalue weighted by Gasteiger charge is -2.52. The Balaban J connectivity index is 1.25. The first-order chi connectivity index (χ1) is 29.7. The van der Waals surface area contributed by atoms with Gasteiger partial charge in [0, 0.05) is 33.7 Å². The number of hydrogen-bond donors (Lipinski definition) is 0. The first-order valence-corrected chi connectivity index (χ1v) is 23.5. The Morgan fingerprint density at radius 3 is 1.68 bits per heavy atom. The molecule has 1 aromatic heterocycles. The summed E-state index contributed by atoms with van der Waals surface area (Å²) in [6.45, 7) is 28.1. The summed E-state index contributed by atoms with van der Waals surface area (Å²) >= 11 is 0. The molecule has 6 aromatic carbocycles. The van der Waals surface area contributed by atoms with Crippen LogP contribution in [-0.4, -0.2) is 6.71 Å². The highest BCUT2D eigenvalue weighted by atomic mass is 16.3. The minimum absolute atomic E-state index is 0.00854. The van der Waals surface area contributed by atoms with Crippen molar-refractivity contribution in [1.29, 1.82) is 0 Å². The van der Waals surface area contributed by atoms with Gasteiger partial charge in [-0.05, 0) is 164 Å². The largest absolute Gasteiger partial charge is 0.468 e. The average molecular weight is 827 g/mol. The van der Waals surface area contributed by atoms with Crippen LogP contribution in [0, 0.1) is 6.92 Å². The Labute approximate surface area is 376 Å². The van der Waals surface area contributed by atoms with Crippen molar-refractivity contribution in [2.45, 2.75) is 136 Å². The Kier molecular flexibility index (Phi) is 8.50. The Morgan fingerprint density at radius 2 is 1.08 bits per heavy atom. The topological polar surface area (TPSA) is 19.6 Å². The van der Waals surface area contributed by atoms with Crippen molar-refractivity contribution in [2.24, 2.45) is 0 Å². The fourth-order valence-electron chi connectivity index (χ4n) is 11.7. The molecule has 12 rings (SSSR count). The molecule has 0 spiro atoms. The predicted octanol–water partition coefficient (Wildman–Crippen LogP) is 14.5. The van der Waals surface area contributed by atoms with Gasteiger partial charge in [-0.3, -0.25) is 0 Å². The van der Waals surface area contributed by atoms with Gasteiger partial charge in [0.1, 0.15) is 5.58 Å². The summed E-state index contributed by atoms with van der Waals surface area (Å²) in [5.74, 6) is 0. The molecule has 3 heterocycles. The fraction of sp³-hybridized carbons (Fsp3) is 0.356. The van der Waals surface area contributed by atoms with Crippen LogP contribution in [0.5, 0.6) is 0 Å². The molecular weight excluding hydrogens is 763 g/mol. The molecule has 318 valence electrons. The molecule has 0 radical (unpaired) electrons. The lowest BCUT2D eigenvalue weighted by molar-refractivity contribution is 0.188. The molecule has 0 saturated heterocycles. The second-order valence-electron chi connectivity index (χ2n) is 23.3. The van der Waals surface area contributed by atoms with E-state index in [9.17, 15) is 0 Å². The molecule has 2 aliphatic heterocycles. The van der Waals surface area contributed by atoms with Crippen LogP contribution in [-0.2, 0) is 27.1 Å². The van der Waals surface area contributed by atoms with Crippen LogP contribution in [0.15, 0.2) is 120 Å². The standard InChI is InChI=1S/C59H63BN2O/c1-36-30-49-52-50(31-36)62(47-24-20-39(56(5,6)7)32-42(47)37-16-14-13-15-17-37)48-25-21-40(57(8,9)10)33-46(48)60(52)54-53(61(49)41-22-18-38(19-23-41)55(2,3)4)43-34-44-45(35-51(43)63-54)59(12)28-26-58(44,11)27-29-59/h13-25,30-35H,26-29H2,1-12H3. The van der Waals surface area contributed by atoms with Gasteiger partial charge in [0.2, 0.25) is 0 Å². The van der Waals surface area contributed by atoms with Crippen LogP contribution >= 0.6 is 0 Å². The second kappa shape index (κ2) is 13.3. The minimum atomic E-state index is -0.106. The smallest absolute Gasteiger partial charge is 0.297 e. The van der Waals surface area contributed by atoms with E-state index in [1.807, 2.05) is 0 Å². The summed E-state index contributed by atoms with van der Waals surface area (Å²) in [7, 11) is 0. The van der Waals surface area contributed by atoms with Gasteiger partial charge in [0.15, 0.2) is 0 Å². The molecular formula is C59H63BN2O. The van der Waals surface area contributed by atoms with Gasteiger partial charge in [0.05, 0.1) is 17.0 Å². The zero-order valence-electron chi connectivity index (χ0n) is 39.7. The molecule has 1 saturated carbocycles. The summed E-state index contributed by atoms with van der Waals surface area (Å²) in [6, 6.07) is 44.8. The van der Waals surface area contributed by atoms with Crippen molar-refractivity contribution < 1.29 is 4.42 Å². The summed E-state index contributed by atoms with van der Waals surface area (Å²) in [4.78, 5) is 5.16. The number of anilines is 6. The lowest BCUT2D eigenvalue weighted by atomic mass is 9.35. The van der Waals surface area contributed by atoms with Crippen LogP contribution < -0.4 is 26.4 Å². The van der Waals surface area contributed by atoms with E-state index < -0.39 is 0 Å². The SMILES string of the molecule is Cc1cc2c3c(c1)N(c1ccc(C(C)(C)C)cc1)c1c(oc4cc5c(cc14)C1(C)CCC5(C)CC1)B3c1cc(C(C)(C)C)ccc1N2c1ccc(C(C)(C)C)cc1-c1ccccc1. The van der Waals surface area contributed by atoms with Gasteiger partial charge in [-0.2, -0.15) is 0 Å². The third kappa shape index (κ3) is 6.06. The Bertz CT molecular complexity index is 3000. The number of hydrogen-bond acceptors (Lipinski definition) is 3. The number of benzene rings is 6. The predicted molar refractivity (Wildman–Crippen MR) is 270 cm³/mol. The summed E-state index contributed by atoms with van der Waals surface area (Å²) in [6.07, 6.45) is 4.97. The van der Waals surface area contributed by atoms with Gasteiger partial charge < -0.3 is 14.2 Å². The number of rotatable bonds is 3. The van der Waals surface area contributed by atoms with E-state index in [-0.39, 0.29) is 33.8 Å². The maximum absolute atomic E-state index is 7.56. The molecule has 0 N–H and O–H groups in total. The normalized spacial score (nSPS) is 20.2. The molecule has 4 heteroatoms. The molecule has 0 atom stereocenters. The zero-order valence-corrected chi connectivity index (χ0v) is 39.7. The Morgan fingerprint density at radius 1 is 0.540 bits per heavy atom. The molecule has 3 nitrogen and oxygen atoms in total. The quantitative estimate of drug-likeness (QED) is 0.165. The monoisotopic (exact) mass is 827 g/mol. The van der Waals surface area contributed by atoms with E-state index in [2.05, 4.69) is 208 Å². The number of nitrogens with zero attached hydrogens (tertiary/aromatic N) is 2. The van der Waals surface area contributed by atoms with E-state index in [0.717, 1.165) is 16.9 Å². The third-order valence-corrected chi connectivity index (χ3v) is 15.7. The third-order valence-electron chi connectivity index (χ3n) is 15.7. The van der Waals surface area contributed by atoms with Crippen molar-refractivity contribution in [3.05, 3.63) is 149 Å². The molecule has 1 fully saturated rings. The zero-order chi connectivity index (χ0) is 44.2. The van der Waals surface area contributed by atoms with Gasteiger partial charge in [0.25, 0.3) is 6.71 Å². The Hall–Kier alpha value is -5.48. The van der Waals surface area contributed by atoms with Crippen molar-refractivity contribution in [1.82, 2.24) is 0 Å². The average Bonchev–Trinajstić information content (AvgIpc) is 3.61. The summed E-state index contributed by atoms with van der Waals surface area (Å²) < 4.78 is 7.56. The fourth-order valence-corrected chi connectivity index (χ4v) is 11.7. The molecule has 63 heavy (non-hydrogen) atoms. The first-order valence-electron chi connectivity index (χ1n) is 23.5. The van der Waals surface area contributed by atoms with Crippen molar-refractivity contribution in [3.8, 4) is 11.1 Å². The lowest BCUT2D eigenvalue weighted by Crippen LogP contribution is -2.61. The van der Waals surface area contributed by atoms with Gasteiger partial charge >= 0.3 is 0 Å². The van der Waals surface area contributed by atoms with Gasteiger partial charge in [-0.15, -0.1) is 0 Å². The highest BCUT2D eigenvalue weighted by Crippen LogP contribution is 2.58. The van der Waals surface area contributed by atoms with Crippen LogP contribution in [0.2, 0.25) is 0 Å². The summed E-state index contributed by atoms with van der Waals surface area (Å²) in [5, 5.41) is 1.23. The van der Waals surface area contributed by atoms with Crippen molar-refractivity contribution in [2.75, 3.05) is 9.80 Å². The van der Waals surface area contributed by atoms with E-state index in [0.29, 0.717) is 0 Å². The van der Waals surface area contributed by atoms with E-state index in [1.165, 1.54) is 115 Å². The number of furan rings is 1. The minimum Gasteiger partial charge on any atom is -0.468 e.